The fourth-order valence-corrected chi connectivity index (χ4v) is 4.44. The monoisotopic (exact) mass is 573 g/mol. The molecule has 6 nitrogen and oxygen atoms in total. The molecule has 0 aromatic heterocycles. The normalized spacial score (nSPS) is 11.8. The molecule has 216 valence electrons. The first-order valence-corrected chi connectivity index (χ1v) is 13.4. The Morgan fingerprint density at radius 2 is 1.50 bits per heavy atom. The van der Waals surface area contributed by atoms with Crippen molar-refractivity contribution in [2.75, 3.05) is 5.32 Å². The number of benzene rings is 4. The van der Waals surface area contributed by atoms with Crippen LogP contribution in [0.1, 0.15) is 52.0 Å². The van der Waals surface area contributed by atoms with Gasteiger partial charge in [0.2, 0.25) is 11.8 Å². The zero-order valence-electron chi connectivity index (χ0n) is 23.1. The minimum Gasteiger partial charge on any atom is -0.350 e. The number of carbonyl (C=O) groups is 3. The summed E-state index contributed by atoms with van der Waals surface area (Å²) in [6, 6.07) is 24.8. The predicted octanol–water partition coefficient (Wildman–Crippen LogP) is 6.82. The summed E-state index contributed by atoms with van der Waals surface area (Å²) in [5.41, 5.74) is 3.30. The number of anilines is 1. The summed E-state index contributed by atoms with van der Waals surface area (Å²) in [6.07, 6.45) is -4.20. The number of alkyl halides is 3. The number of carbonyl (C=O) groups excluding carboxylic acids is 3. The van der Waals surface area contributed by atoms with E-state index in [1.807, 2.05) is 19.1 Å². The summed E-state index contributed by atoms with van der Waals surface area (Å²) in [7, 11) is 0. The number of halogens is 3. The summed E-state index contributed by atoms with van der Waals surface area (Å²) >= 11 is 0. The second kappa shape index (κ2) is 13.2. The van der Waals surface area contributed by atoms with Crippen LogP contribution in [-0.4, -0.2) is 17.7 Å². The minimum atomic E-state index is -4.45. The standard InChI is InChI=1S/C33H30F3N3O3/c1-3-29(40)39-30(24-9-5-4-6-10-24)32(42)37-20-22-13-18-28(21(2)19-22)38-31(41)27-12-8-7-11-26(27)23-14-16-25(17-15-23)33(34,35)36/h4-19,30H,3,20H2,1-2H3,(H,37,42)(H,38,41)(H,39,40)/t30-/m0/s1. The Labute approximate surface area is 242 Å². The lowest BCUT2D eigenvalue weighted by molar-refractivity contribution is -0.137. The zero-order chi connectivity index (χ0) is 30.3. The Morgan fingerprint density at radius 1 is 0.833 bits per heavy atom. The van der Waals surface area contributed by atoms with Gasteiger partial charge in [-0.3, -0.25) is 14.4 Å². The maximum atomic E-state index is 13.2. The highest BCUT2D eigenvalue weighted by Crippen LogP contribution is 2.32. The third kappa shape index (κ3) is 7.42. The number of aryl methyl sites for hydroxylation is 1. The Kier molecular flexibility index (Phi) is 9.42. The molecule has 0 unspecified atom stereocenters. The van der Waals surface area contributed by atoms with Gasteiger partial charge in [0.15, 0.2) is 0 Å². The third-order valence-electron chi connectivity index (χ3n) is 6.72. The van der Waals surface area contributed by atoms with Crippen LogP contribution in [0.4, 0.5) is 18.9 Å². The molecule has 1 atom stereocenters. The summed E-state index contributed by atoms with van der Waals surface area (Å²) in [6.45, 7) is 3.73. The second-order valence-corrected chi connectivity index (χ2v) is 9.71. The number of rotatable bonds is 9. The highest BCUT2D eigenvalue weighted by Gasteiger charge is 2.30. The second-order valence-electron chi connectivity index (χ2n) is 9.71. The highest BCUT2D eigenvalue weighted by molar-refractivity contribution is 6.09. The molecule has 3 N–H and O–H groups in total. The lowest BCUT2D eigenvalue weighted by Crippen LogP contribution is -2.39. The molecule has 0 bridgehead atoms. The van der Waals surface area contributed by atoms with Crippen LogP contribution in [-0.2, 0) is 22.3 Å². The first-order chi connectivity index (χ1) is 20.1. The summed E-state index contributed by atoms with van der Waals surface area (Å²) in [5.74, 6) is -1.00. The number of hydrogen-bond donors (Lipinski definition) is 3. The topological polar surface area (TPSA) is 87.3 Å². The van der Waals surface area contributed by atoms with Gasteiger partial charge in [-0.25, -0.2) is 0 Å². The van der Waals surface area contributed by atoms with E-state index in [1.54, 1.807) is 67.6 Å². The zero-order valence-corrected chi connectivity index (χ0v) is 23.1. The van der Waals surface area contributed by atoms with Gasteiger partial charge < -0.3 is 16.0 Å². The van der Waals surface area contributed by atoms with Crippen LogP contribution in [0.2, 0.25) is 0 Å². The van der Waals surface area contributed by atoms with E-state index in [0.717, 1.165) is 23.3 Å². The van der Waals surface area contributed by atoms with Gasteiger partial charge in [0.1, 0.15) is 6.04 Å². The van der Waals surface area contributed by atoms with Gasteiger partial charge >= 0.3 is 6.18 Å². The van der Waals surface area contributed by atoms with Gasteiger partial charge in [-0.05, 0) is 59.0 Å². The number of amides is 3. The van der Waals surface area contributed by atoms with Gasteiger partial charge in [-0.1, -0.05) is 79.7 Å². The van der Waals surface area contributed by atoms with E-state index in [1.165, 1.54) is 12.1 Å². The van der Waals surface area contributed by atoms with Gasteiger partial charge in [-0.2, -0.15) is 13.2 Å². The Balaban J connectivity index is 1.45. The first-order valence-electron chi connectivity index (χ1n) is 13.4. The molecule has 4 rings (SSSR count). The van der Waals surface area contributed by atoms with Crippen molar-refractivity contribution < 1.29 is 27.6 Å². The van der Waals surface area contributed by atoms with E-state index in [9.17, 15) is 27.6 Å². The van der Waals surface area contributed by atoms with Gasteiger partial charge in [0, 0.05) is 24.2 Å². The summed E-state index contributed by atoms with van der Waals surface area (Å²) < 4.78 is 39.0. The summed E-state index contributed by atoms with van der Waals surface area (Å²) in [5, 5.41) is 8.50. The molecule has 0 aliphatic heterocycles. The molecular weight excluding hydrogens is 543 g/mol. The Morgan fingerprint density at radius 3 is 2.14 bits per heavy atom. The Bertz CT molecular complexity index is 1570. The molecule has 4 aromatic rings. The van der Waals surface area contributed by atoms with Crippen molar-refractivity contribution in [2.24, 2.45) is 0 Å². The quantitative estimate of drug-likeness (QED) is 0.205. The van der Waals surface area contributed by atoms with Crippen molar-refractivity contribution in [2.45, 2.75) is 39.0 Å². The van der Waals surface area contributed by atoms with E-state index < -0.39 is 23.7 Å². The average Bonchev–Trinajstić information content (AvgIpc) is 2.99. The minimum absolute atomic E-state index is 0.204. The number of hydrogen-bond acceptors (Lipinski definition) is 3. The number of nitrogens with one attached hydrogen (secondary N) is 3. The van der Waals surface area contributed by atoms with E-state index in [2.05, 4.69) is 16.0 Å². The van der Waals surface area contributed by atoms with Crippen LogP contribution in [0.25, 0.3) is 11.1 Å². The molecule has 42 heavy (non-hydrogen) atoms. The van der Waals surface area contributed by atoms with E-state index >= 15 is 0 Å². The molecule has 9 heteroatoms. The highest BCUT2D eigenvalue weighted by atomic mass is 19.4. The lowest BCUT2D eigenvalue weighted by atomic mass is 9.98. The lowest BCUT2D eigenvalue weighted by Gasteiger charge is -2.19. The van der Waals surface area contributed by atoms with Crippen LogP contribution in [0.15, 0.2) is 97.1 Å². The predicted molar refractivity (Wildman–Crippen MR) is 155 cm³/mol. The van der Waals surface area contributed by atoms with Gasteiger partial charge in [0.25, 0.3) is 5.91 Å². The molecule has 0 spiro atoms. The Hall–Kier alpha value is -4.92. The van der Waals surface area contributed by atoms with E-state index in [-0.39, 0.29) is 24.8 Å². The van der Waals surface area contributed by atoms with Crippen LogP contribution in [0.3, 0.4) is 0 Å². The fraction of sp³-hybridized carbons (Fsp3) is 0.182. The maximum Gasteiger partial charge on any atom is 0.416 e. The van der Waals surface area contributed by atoms with E-state index in [0.29, 0.717) is 27.9 Å². The molecule has 0 fully saturated rings. The maximum absolute atomic E-state index is 13.2. The van der Waals surface area contributed by atoms with Gasteiger partial charge in [-0.15, -0.1) is 0 Å². The molecule has 4 aromatic carbocycles. The fourth-order valence-electron chi connectivity index (χ4n) is 4.44. The SMILES string of the molecule is CCC(=O)N[C@H](C(=O)NCc1ccc(NC(=O)c2ccccc2-c2ccc(C(F)(F)F)cc2)c(C)c1)c1ccccc1. The molecule has 0 saturated carbocycles. The molecule has 0 radical (unpaired) electrons. The first kappa shape index (κ1) is 30.0. The van der Waals surface area contributed by atoms with Crippen LogP contribution < -0.4 is 16.0 Å². The van der Waals surface area contributed by atoms with Crippen LogP contribution in [0, 0.1) is 6.92 Å². The molecule has 0 saturated heterocycles. The van der Waals surface area contributed by atoms with Crippen molar-refractivity contribution in [3.8, 4) is 11.1 Å². The smallest absolute Gasteiger partial charge is 0.350 e. The van der Waals surface area contributed by atoms with Gasteiger partial charge in [0.05, 0.1) is 5.56 Å². The average molecular weight is 574 g/mol. The van der Waals surface area contributed by atoms with Crippen molar-refractivity contribution in [1.29, 1.82) is 0 Å². The van der Waals surface area contributed by atoms with Crippen molar-refractivity contribution in [3.05, 3.63) is 125 Å². The molecular formula is C33H30F3N3O3. The molecule has 3 amide bonds. The molecule has 0 aliphatic rings. The third-order valence-corrected chi connectivity index (χ3v) is 6.72. The van der Waals surface area contributed by atoms with Crippen LogP contribution >= 0.6 is 0 Å². The van der Waals surface area contributed by atoms with Crippen molar-refractivity contribution >= 4 is 23.4 Å². The molecule has 0 aliphatic carbocycles. The molecule has 0 heterocycles. The van der Waals surface area contributed by atoms with Crippen molar-refractivity contribution in [3.63, 3.8) is 0 Å². The largest absolute Gasteiger partial charge is 0.416 e. The van der Waals surface area contributed by atoms with E-state index in [4.69, 9.17) is 0 Å². The van der Waals surface area contributed by atoms with Crippen molar-refractivity contribution in [1.82, 2.24) is 10.6 Å². The summed E-state index contributed by atoms with van der Waals surface area (Å²) in [4.78, 5) is 38.3. The van der Waals surface area contributed by atoms with Crippen LogP contribution in [0.5, 0.6) is 0 Å².